The summed E-state index contributed by atoms with van der Waals surface area (Å²) >= 11 is 9.13. The van der Waals surface area contributed by atoms with Crippen LogP contribution in [0.25, 0.3) is 11.0 Å². The van der Waals surface area contributed by atoms with Crippen LogP contribution in [0.15, 0.2) is 6.20 Å². The minimum atomic E-state index is -2.05. The SMILES string of the molecule is CC(C)(C)[Si](C)(C)Nc1nc(Cl)c2c(I)cn([C@H]3C[C@@H](O[Si](C)(C)C(C)(C)C)[C@@H](CO[Si](C)(C)C(C)(C)C)O3)c2n1. The largest absolute Gasteiger partial charge is 0.414 e. The Balaban J connectivity index is 2.01. The van der Waals surface area contributed by atoms with Gasteiger partial charge in [-0.05, 0) is 63.9 Å². The Hall–Kier alpha value is -0.0294. The van der Waals surface area contributed by atoms with Crippen LogP contribution in [0.5, 0.6) is 0 Å². The third kappa shape index (κ3) is 7.62. The topological polar surface area (TPSA) is 70.4 Å². The molecule has 3 rings (SSSR count). The molecule has 1 N–H and O–H groups in total. The highest BCUT2D eigenvalue weighted by molar-refractivity contribution is 14.1. The highest BCUT2D eigenvalue weighted by Gasteiger charge is 2.47. The second-order valence-electron chi connectivity index (χ2n) is 16.3. The van der Waals surface area contributed by atoms with Crippen molar-refractivity contribution in [2.45, 2.75) is 142 Å². The van der Waals surface area contributed by atoms with Crippen molar-refractivity contribution in [2.75, 3.05) is 11.6 Å². The number of halogens is 2. The molecule has 3 atom stereocenters. The lowest BCUT2D eigenvalue weighted by Gasteiger charge is -2.40. The molecule has 1 fully saturated rings. The summed E-state index contributed by atoms with van der Waals surface area (Å²) in [6.45, 7) is 34.8. The zero-order chi connectivity index (χ0) is 31.6. The number of rotatable bonds is 8. The molecule has 1 aliphatic rings. The molecule has 2 aromatic rings. The number of anilines is 1. The smallest absolute Gasteiger partial charge is 0.218 e. The lowest BCUT2D eigenvalue weighted by Crippen LogP contribution is -2.48. The Labute approximate surface area is 270 Å². The van der Waals surface area contributed by atoms with Crippen molar-refractivity contribution in [3.05, 3.63) is 14.9 Å². The van der Waals surface area contributed by atoms with Crippen molar-refractivity contribution in [1.29, 1.82) is 0 Å². The number of nitrogens with one attached hydrogen (secondary N) is 1. The maximum Gasteiger partial charge on any atom is 0.218 e. The average molecular weight is 753 g/mol. The summed E-state index contributed by atoms with van der Waals surface area (Å²) in [6.07, 6.45) is 2.34. The van der Waals surface area contributed by atoms with E-state index in [0.29, 0.717) is 17.7 Å². The van der Waals surface area contributed by atoms with Gasteiger partial charge in [-0.2, -0.15) is 4.98 Å². The van der Waals surface area contributed by atoms with Crippen molar-refractivity contribution < 1.29 is 13.6 Å². The van der Waals surface area contributed by atoms with Gasteiger partial charge in [0.1, 0.15) is 23.1 Å². The second kappa shape index (κ2) is 11.7. The van der Waals surface area contributed by atoms with Crippen LogP contribution in [-0.4, -0.2) is 58.2 Å². The van der Waals surface area contributed by atoms with Gasteiger partial charge in [0.05, 0.1) is 18.1 Å². The van der Waals surface area contributed by atoms with E-state index in [4.69, 9.17) is 30.2 Å². The van der Waals surface area contributed by atoms with Crippen molar-refractivity contribution in [3.63, 3.8) is 0 Å². The summed E-state index contributed by atoms with van der Waals surface area (Å²) < 4.78 is 23.7. The molecule has 3 heterocycles. The van der Waals surface area contributed by atoms with Crippen LogP contribution in [0.4, 0.5) is 5.95 Å². The summed E-state index contributed by atoms with van der Waals surface area (Å²) in [5.41, 5.74) is 0.789. The molecule has 7 nitrogen and oxygen atoms in total. The highest BCUT2D eigenvalue weighted by atomic mass is 127. The summed E-state index contributed by atoms with van der Waals surface area (Å²) in [5, 5.41) is 1.66. The van der Waals surface area contributed by atoms with Gasteiger partial charge in [-0.3, -0.25) is 0 Å². The summed E-state index contributed by atoms with van der Waals surface area (Å²) in [6, 6.07) is 0. The molecule has 0 spiro atoms. The van der Waals surface area contributed by atoms with E-state index in [1.807, 2.05) is 0 Å². The predicted molar refractivity (Wildman–Crippen MR) is 190 cm³/mol. The normalized spacial score (nSPS) is 21.6. The molecule has 2 aromatic heterocycles. The number of ether oxygens (including phenoxy) is 1. The van der Waals surface area contributed by atoms with E-state index in [1.54, 1.807) is 0 Å². The number of aromatic nitrogens is 3. The van der Waals surface area contributed by atoms with Gasteiger partial charge < -0.3 is 23.1 Å². The van der Waals surface area contributed by atoms with E-state index in [9.17, 15) is 0 Å². The zero-order valence-corrected chi connectivity index (χ0v) is 34.0. The van der Waals surface area contributed by atoms with Crippen LogP contribution in [0.1, 0.15) is 75.0 Å². The first-order chi connectivity index (χ1) is 18.3. The monoisotopic (exact) mass is 752 g/mol. The predicted octanol–water partition coefficient (Wildman–Crippen LogP) is 9.81. The molecule has 1 saturated heterocycles. The molecule has 12 heteroatoms. The molecule has 0 saturated carbocycles. The summed E-state index contributed by atoms with van der Waals surface area (Å²) in [7, 11) is -5.93. The van der Waals surface area contributed by atoms with E-state index < -0.39 is 24.9 Å². The molecule has 0 bridgehead atoms. The fourth-order valence-corrected chi connectivity index (χ4v) is 8.65. The fraction of sp³-hybridized carbons (Fsp3) is 0.793. The minimum absolute atomic E-state index is 0.0668. The summed E-state index contributed by atoms with van der Waals surface area (Å²) in [5.74, 6) is 0.578. The van der Waals surface area contributed by atoms with Gasteiger partial charge in [-0.15, -0.1) is 0 Å². The maximum absolute atomic E-state index is 7.02. The van der Waals surface area contributed by atoms with Gasteiger partial charge >= 0.3 is 0 Å². The van der Waals surface area contributed by atoms with Crippen LogP contribution in [-0.2, 0) is 13.6 Å². The molecule has 0 amide bonds. The zero-order valence-electron chi connectivity index (χ0n) is 28.0. The molecule has 234 valence electrons. The van der Waals surface area contributed by atoms with Crippen LogP contribution in [0.3, 0.4) is 0 Å². The Bertz CT molecular complexity index is 1250. The Kier molecular flexibility index (Phi) is 10.1. The number of fused-ring (bicyclic) bond motifs is 1. The first-order valence-corrected chi connectivity index (χ1v) is 25.0. The molecule has 0 unspecified atom stereocenters. The first-order valence-electron chi connectivity index (χ1n) is 14.8. The van der Waals surface area contributed by atoms with Gasteiger partial charge in [0.25, 0.3) is 0 Å². The highest BCUT2D eigenvalue weighted by Crippen LogP contribution is 2.44. The molecule has 0 radical (unpaired) electrons. The van der Waals surface area contributed by atoms with Crippen LogP contribution in [0.2, 0.25) is 59.5 Å². The lowest BCUT2D eigenvalue weighted by atomic mass is 10.2. The molecule has 0 aromatic carbocycles. The minimum Gasteiger partial charge on any atom is -0.414 e. The standard InChI is InChI=1S/C29H54ClIN4O3Si3/c1-27(2,3)39(10,11)34-26-32-24(30)23-19(31)17-35(25(23)33-26)22-16-20(38-41(14,15)29(7,8)9)21(37-22)18-36-40(12,13)28(4,5)6/h17,20-22H,16,18H2,1-15H3,(H,32,33,34)/t20-,21-,22-/m1/s1. The number of hydrogen-bond donors (Lipinski definition) is 1. The molecular formula is C29H54ClIN4O3Si3. The van der Waals surface area contributed by atoms with Crippen LogP contribution >= 0.6 is 34.2 Å². The molecule has 0 aliphatic carbocycles. The number of hydrogen-bond acceptors (Lipinski definition) is 6. The Morgan fingerprint density at radius 1 is 0.951 bits per heavy atom. The van der Waals surface area contributed by atoms with E-state index in [0.717, 1.165) is 21.0 Å². The summed E-state index contributed by atoms with van der Waals surface area (Å²) in [4.78, 5) is 13.4. The van der Waals surface area contributed by atoms with Gasteiger partial charge in [0, 0.05) is 16.2 Å². The fourth-order valence-electron chi connectivity index (χ4n) is 4.01. The van der Waals surface area contributed by atoms with Crippen molar-refractivity contribution in [3.8, 4) is 0 Å². The molecular weight excluding hydrogens is 699 g/mol. The van der Waals surface area contributed by atoms with Crippen molar-refractivity contribution in [1.82, 2.24) is 14.5 Å². The number of nitrogens with zero attached hydrogens (tertiary/aromatic N) is 3. The second-order valence-corrected chi connectivity index (χ2v) is 32.4. The van der Waals surface area contributed by atoms with Crippen LogP contribution < -0.4 is 4.98 Å². The van der Waals surface area contributed by atoms with Gasteiger partial charge in [-0.1, -0.05) is 87.0 Å². The maximum atomic E-state index is 7.02. The van der Waals surface area contributed by atoms with E-state index >= 15 is 0 Å². The average Bonchev–Trinajstić information content (AvgIpc) is 3.29. The quantitative estimate of drug-likeness (QED) is 0.165. The van der Waals surface area contributed by atoms with E-state index in [-0.39, 0.29) is 33.6 Å². The Morgan fingerprint density at radius 3 is 2.02 bits per heavy atom. The van der Waals surface area contributed by atoms with E-state index in [2.05, 4.69) is 145 Å². The third-order valence-electron chi connectivity index (χ3n) is 10.0. The van der Waals surface area contributed by atoms with Crippen molar-refractivity contribution in [2.24, 2.45) is 0 Å². The van der Waals surface area contributed by atoms with Gasteiger partial charge in [0.15, 0.2) is 24.9 Å². The van der Waals surface area contributed by atoms with Gasteiger partial charge in [-0.25, -0.2) is 4.98 Å². The third-order valence-corrected chi connectivity index (χ3v) is 24.7. The van der Waals surface area contributed by atoms with Gasteiger partial charge in [0.2, 0.25) is 5.95 Å². The molecule has 41 heavy (non-hydrogen) atoms. The Morgan fingerprint density at radius 2 is 1.51 bits per heavy atom. The van der Waals surface area contributed by atoms with Crippen LogP contribution in [0, 0.1) is 3.57 Å². The van der Waals surface area contributed by atoms with E-state index in [1.165, 1.54) is 0 Å². The van der Waals surface area contributed by atoms with Crippen molar-refractivity contribution >= 4 is 76.0 Å². The first kappa shape index (κ1) is 35.4. The molecule has 1 aliphatic heterocycles. The lowest BCUT2D eigenvalue weighted by molar-refractivity contribution is -0.0382.